The summed E-state index contributed by atoms with van der Waals surface area (Å²) in [5.41, 5.74) is 0.265. The fraction of sp³-hybridized carbons (Fsp3) is 0.556. The molecular weight excluding hydrogens is 156 g/mol. The first-order valence-electron chi connectivity index (χ1n) is 3.92. The van der Waals surface area contributed by atoms with Gasteiger partial charge in [-0.1, -0.05) is 5.57 Å². The minimum absolute atomic E-state index is 0.0810. The predicted molar refractivity (Wildman–Crippen MR) is 43.7 cm³/mol. The quantitative estimate of drug-likeness (QED) is 0.648. The first kappa shape index (κ1) is 8.97. The summed E-state index contributed by atoms with van der Waals surface area (Å²) in [6, 6.07) is 0. The van der Waals surface area contributed by atoms with Crippen LogP contribution >= 0.6 is 0 Å². The molecule has 1 aliphatic carbocycles. The van der Waals surface area contributed by atoms with Gasteiger partial charge in [0.25, 0.3) is 0 Å². The maximum absolute atomic E-state index is 11.1. The fourth-order valence-electron chi connectivity index (χ4n) is 1.47. The number of carbonyl (C=O) groups excluding carboxylic acids is 1. The van der Waals surface area contributed by atoms with Gasteiger partial charge < -0.3 is 5.11 Å². The molecule has 12 heavy (non-hydrogen) atoms. The van der Waals surface area contributed by atoms with E-state index in [0.29, 0.717) is 5.57 Å². The fourth-order valence-corrected chi connectivity index (χ4v) is 1.47. The van der Waals surface area contributed by atoms with Gasteiger partial charge in [0, 0.05) is 11.5 Å². The van der Waals surface area contributed by atoms with Crippen molar-refractivity contribution < 1.29 is 14.7 Å². The number of hydrogen-bond donors (Lipinski definition) is 1. The molecule has 0 aromatic heterocycles. The van der Waals surface area contributed by atoms with Gasteiger partial charge in [0.1, 0.15) is 5.78 Å². The van der Waals surface area contributed by atoms with Crippen molar-refractivity contribution in [2.24, 2.45) is 5.41 Å². The number of aliphatic carboxylic acids is 1. The molecule has 0 unspecified atom stereocenters. The van der Waals surface area contributed by atoms with Crippen LogP contribution in [-0.2, 0) is 9.59 Å². The molecule has 0 saturated heterocycles. The first-order valence-corrected chi connectivity index (χ1v) is 3.92. The lowest BCUT2D eigenvalue weighted by molar-refractivity contribution is -0.131. The standard InChI is InChI=1S/C9H12O3/c1-6(5-8(11)12)9(3-4-9)7(2)10/h5H,3-4H2,1-2H3,(H,11,12)/b6-5+. The smallest absolute Gasteiger partial charge is 0.328 e. The van der Waals surface area contributed by atoms with Crippen LogP contribution in [0.25, 0.3) is 0 Å². The van der Waals surface area contributed by atoms with Gasteiger partial charge in [0.15, 0.2) is 0 Å². The van der Waals surface area contributed by atoms with Crippen molar-refractivity contribution in [3.63, 3.8) is 0 Å². The average Bonchev–Trinajstić information content (AvgIpc) is 2.63. The molecular formula is C9H12O3. The summed E-state index contributed by atoms with van der Waals surface area (Å²) in [5, 5.41) is 8.47. The van der Waals surface area contributed by atoms with E-state index >= 15 is 0 Å². The molecule has 0 amide bonds. The topological polar surface area (TPSA) is 54.4 Å². The Morgan fingerprint density at radius 1 is 1.33 bits per heavy atom. The Bertz CT molecular complexity index is 259. The summed E-state index contributed by atoms with van der Waals surface area (Å²) < 4.78 is 0. The Labute approximate surface area is 71.1 Å². The van der Waals surface area contributed by atoms with E-state index in [-0.39, 0.29) is 5.78 Å². The Hall–Kier alpha value is -1.12. The average molecular weight is 168 g/mol. The van der Waals surface area contributed by atoms with Gasteiger partial charge in [-0.25, -0.2) is 4.79 Å². The van der Waals surface area contributed by atoms with Crippen molar-refractivity contribution in [3.05, 3.63) is 11.6 Å². The second kappa shape index (κ2) is 2.73. The molecule has 0 aliphatic heterocycles. The monoisotopic (exact) mass is 168 g/mol. The van der Waals surface area contributed by atoms with E-state index in [4.69, 9.17) is 5.11 Å². The van der Waals surface area contributed by atoms with Crippen LogP contribution in [-0.4, -0.2) is 16.9 Å². The van der Waals surface area contributed by atoms with E-state index in [1.165, 1.54) is 6.92 Å². The highest BCUT2D eigenvalue weighted by Crippen LogP contribution is 2.52. The third kappa shape index (κ3) is 1.40. The van der Waals surface area contributed by atoms with Gasteiger partial charge >= 0.3 is 5.97 Å². The molecule has 1 aliphatic rings. The van der Waals surface area contributed by atoms with Crippen molar-refractivity contribution in [2.75, 3.05) is 0 Å². The minimum atomic E-state index is -0.972. The van der Waals surface area contributed by atoms with Crippen molar-refractivity contribution in [2.45, 2.75) is 26.7 Å². The molecule has 3 nitrogen and oxygen atoms in total. The van der Waals surface area contributed by atoms with E-state index in [1.54, 1.807) is 6.92 Å². The van der Waals surface area contributed by atoms with Crippen LogP contribution in [0, 0.1) is 5.41 Å². The van der Waals surface area contributed by atoms with Gasteiger partial charge in [-0.15, -0.1) is 0 Å². The van der Waals surface area contributed by atoms with Crippen LogP contribution < -0.4 is 0 Å². The molecule has 0 aromatic rings. The van der Waals surface area contributed by atoms with Gasteiger partial charge in [-0.3, -0.25) is 4.79 Å². The van der Waals surface area contributed by atoms with Crippen molar-refractivity contribution in [1.29, 1.82) is 0 Å². The summed E-state index contributed by atoms with van der Waals surface area (Å²) in [6.07, 6.45) is 2.74. The molecule has 0 radical (unpaired) electrons. The Balaban J connectivity index is 2.83. The zero-order chi connectivity index (χ0) is 9.35. The molecule has 0 atom stereocenters. The lowest BCUT2D eigenvalue weighted by Gasteiger charge is -2.10. The highest BCUT2D eigenvalue weighted by atomic mass is 16.4. The maximum atomic E-state index is 11.1. The van der Waals surface area contributed by atoms with Gasteiger partial charge in [0.05, 0.1) is 0 Å². The number of Topliss-reactive ketones (excluding diaryl/α,β-unsaturated/α-hetero) is 1. The van der Waals surface area contributed by atoms with Crippen LogP contribution in [0.15, 0.2) is 11.6 Å². The SMILES string of the molecule is CC(=O)C1(/C(C)=C/C(=O)O)CC1. The van der Waals surface area contributed by atoms with Crippen molar-refractivity contribution in [1.82, 2.24) is 0 Å². The lowest BCUT2D eigenvalue weighted by Crippen LogP contribution is -2.14. The van der Waals surface area contributed by atoms with Crippen LogP contribution in [0.1, 0.15) is 26.7 Å². The number of ketones is 1. The second-order valence-electron chi connectivity index (χ2n) is 3.30. The number of allylic oxidation sites excluding steroid dienone is 1. The van der Waals surface area contributed by atoms with E-state index < -0.39 is 11.4 Å². The number of carboxylic acids is 1. The third-order valence-electron chi connectivity index (χ3n) is 2.52. The van der Waals surface area contributed by atoms with Gasteiger partial charge in [-0.2, -0.15) is 0 Å². The largest absolute Gasteiger partial charge is 0.478 e. The van der Waals surface area contributed by atoms with Gasteiger partial charge in [-0.05, 0) is 26.7 Å². The summed E-state index contributed by atoms with van der Waals surface area (Å²) in [7, 11) is 0. The Morgan fingerprint density at radius 3 is 2.08 bits per heavy atom. The van der Waals surface area contributed by atoms with Crippen molar-refractivity contribution >= 4 is 11.8 Å². The second-order valence-corrected chi connectivity index (χ2v) is 3.30. The first-order chi connectivity index (χ1) is 5.49. The number of carbonyl (C=O) groups is 2. The van der Waals surface area contributed by atoms with E-state index in [9.17, 15) is 9.59 Å². The zero-order valence-electron chi connectivity index (χ0n) is 7.26. The maximum Gasteiger partial charge on any atom is 0.328 e. The molecule has 1 saturated carbocycles. The number of rotatable bonds is 3. The minimum Gasteiger partial charge on any atom is -0.478 e. The summed E-state index contributed by atoms with van der Waals surface area (Å²) in [4.78, 5) is 21.4. The van der Waals surface area contributed by atoms with E-state index in [0.717, 1.165) is 18.9 Å². The van der Waals surface area contributed by atoms with Crippen LogP contribution in [0.5, 0.6) is 0 Å². The molecule has 66 valence electrons. The van der Waals surface area contributed by atoms with Gasteiger partial charge in [0.2, 0.25) is 0 Å². The molecule has 1 rings (SSSR count). The molecule has 3 heteroatoms. The molecule has 0 bridgehead atoms. The van der Waals surface area contributed by atoms with E-state index in [2.05, 4.69) is 0 Å². The zero-order valence-corrected chi connectivity index (χ0v) is 7.26. The molecule has 0 aromatic carbocycles. The number of hydrogen-bond acceptors (Lipinski definition) is 2. The highest BCUT2D eigenvalue weighted by Gasteiger charge is 2.48. The molecule has 1 N–H and O–H groups in total. The highest BCUT2D eigenvalue weighted by molar-refractivity contribution is 5.91. The molecule has 0 spiro atoms. The summed E-state index contributed by atoms with van der Waals surface area (Å²) >= 11 is 0. The van der Waals surface area contributed by atoms with E-state index in [1.807, 2.05) is 0 Å². The van der Waals surface area contributed by atoms with Crippen LogP contribution in [0.2, 0.25) is 0 Å². The number of carboxylic acid groups (broad SMARTS) is 1. The van der Waals surface area contributed by atoms with Crippen LogP contribution in [0.4, 0.5) is 0 Å². The lowest BCUT2D eigenvalue weighted by atomic mass is 9.93. The summed E-state index contributed by atoms with van der Waals surface area (Å²) in [6.45, 7) is 3.23. The van der Waals surface area contributed by atoms with Crippen LogP contribution in [0.3, 0.4) is 0 Å². The Morgan fingerprint density at radius 2 is 1.83 bits per heavy atom. The predicted octanol–water partition coefficient (Wildman–Crippen LogP) is 1.39. The Kier molecular flexibility index (Phi) is 2.04. The molecule has 0 heterocycles. The van der Waals surface area contributed by atoms with Crippen molar-refractivity contribution in [3.8, 4) is 0 Å². The summed E-state index contributed by atoms with van der Waals surface area (Å²) in [5.74, 6) is -0.891. The normalized spacial score (nSPS) is 20.3. The third-order valence-corrected chi connectivity index (χ3v) is 2.52. The molecule has 1 fully saturated rings.